The standard InChI is InChI=1S/C17H17NO3S/c1-20-13-9-7-12(8-10-13)18-16(19)11-22-17(18)14-5-3-4-6-15(14)21-2/h3-10,17H,11H2,1-2H3. The summed E-state index contributed by atoms with van der Waals surface area (Å²) in [5.41, 5.74) is 1.88. The van der Waals surface area contributed by atoms with Gasteiger partial charge < -0.3 is 9.47 Å². The van der Waals surface area contributed by atoms with Gasteiger partial charge in [0.05, 0.1) is 20.0 Å². The molecule has 3 rings (SSSR count). The number of rotatable bonds is 4. The Hall–Kier alpha value is -2.14. The molecule has 0 radical (unpaired) electrons. The first-order chi connectivity index (χ1) is 10.7. The van der Waals surface area contributed by atoms with E-state index in [1.165, 1.54) is 0 Å². The smallest absolute Gasteiger partial charge is 0.238 e. The number of anilines is 1. The van der Waals surface area contributed by atoms with Crippen molar-refractivity contribution < 1.29 is 14.3 Å². The van der Waals surface area contributed by atoms with Crippen LogP contribution in [0.5, 0.6) is 11.5 Å². The summed E-state index contributed by atoms with van der Waals surface area (Å²) in [6, 6.07) is 15.4. The number of carbonyl (C=O) groups is 1. The van der Waals surface area contributed by atoms with E-state index >= 15 is 0 Å². The highest BCUT2D eigenvalue weighted by atomic mass is 32.2. The molecule has 2 aromatic carbocycles. The lowest BCUT2D eigenvalue weighted by Crippen LogP contribution is -2.27. The third-order valence-electron chi connectivity index (χ3n) is 3.62. The van der Waals surface area contributed by atoms with Crippen LogP contribution in [-0.2, 0) is 4.79 Å². The van der Waals surface area contributed by atoms with Crippen molar-refractivity contribution in [2.45, 2.75) is 5.37 Å². The zero-order valence-electron chi connectivity index (χ0n) is 12.5. The highest BCUT2D eigenvalue weighted by Gasteiger charge is 2.35. The van der Waals surface area contributed by atoms with E-state index in [0.29, 0.717) is 5.75 Å². The number of carbonyl (C=O) groups excluding carboxylic acids is 1. The minimum Gasteiger partial charge on any atom is -0.497 e. The molecule has 0 bridgehead atoms. The van der Waals surface area contributed by atoms with Gasteiger partial charge in [-0.2, -0.15) is 0 Å². The summed E-state index contributed by atoms with van der Waals surface area (Å²) >= 11 is 1.61. The van der Waals surface area contributed by atoms with Gasteiger partial charge in [-0.1, -0.05) is 18.2 Å². The maximum atomic E-state index is 12.3. The van der Waals surface area contributed by atoms with Crippen LogP contribution >= 0.6 is 11.8 Å². The number of hydrogen-bond donors (Lipinski definition) is 0. The van der Waals surface area contributed by atoms with E-state index in [2.05, 4.69) is 0 Å². The topological polar surface area (TPSA) is 38.8 Å². The molecule has 5 heteroatoms. The summed E-state index contributed by atoms with van der Waals surface area (Å²) < 4.78 is 10.6. The van der Waals surface area contributed by atoms with E-state index in [0.717, 1.165) is 22.7 Å². The highest BCUT2D eigenvalue weighted by molar-refractivity contribution is 8.00. The van der Waals surface area contributed by atoms with Gasteiger partial charge in [0.1, 0.15) is 16.9 Å². The number of hydrogen-bond acceptors (Lipinski definition) is 4. The van der Waals surface area contributed by atoms with Gasteiger partial charge in [-0.05, 0) is 30.3 Å². The molecule has 1 saturated heterocycles. The second-order valence-corrected chi connectivity index (χ2v) is 5.94. The molecule has 1 aliphatic heterocycles. The van der Waals surface area contributed by atoms with Crippen LogP contribution in [0, 0.1) is 0 Å². The Kier molecular flexibility index (Phi) is 4.24. The minimum atomic E-state index is -0.0722. The minimum absolute atomic E-state index is 0.0722. The van der Waals surface area contributed by atoms with E-state index in [1.54, 1.807) is 26.0 Å². The van der Waals surface area contributed by atoms with Crippen molar-refractivity contribution in [3.63, 3.8) is 0 Å². The van der Waals surface area contributed by atoms with Gasteiger partial charge in [0.15, 0.2) is 0 Å². The molecule has 1 aliphatic rings. The lowest BCUT2D eigenvalue weighted by atomic mass is 10.1. The van der Waals surface area contributed by atoms with E-state index in [-0.39, 0.29) is 11.3 Å². The number of methoxy groups -OCH3 is 2. The SMILES string of the molecule is COc1ccc(N2C(=O)CSC2c2ccccc2OC)cc1. The predicted molar refractivity (Wildman–Crippen MR) is 88.7 cm³/mol. The first-order valence-electron chi connectivity index (χ1n) is 6.95. The summed E-state index contributed by atoms with van der Waals surface area (Å²) in [4.78, 5) is 14.2. The van der Waals surface area contributed by atoms with Gasteiger partial charge >= 0.3 is 0 Å². The van der Waals surface area contributed by atoms with Gasteiger partial charge in [0, 0.05) is 11.3 Å². The fourth-order valence-corrected chi connectivity index (χ4v) is 3.75. The van der Waals surface area contributed by atoms with Crippen LogP contribution < -0.4 is 14.4 Å². The third kappa shape index (κ3) is 2.64. The molecule has 1 atom stereocenters. The first kappa shape index (κ1) is 14.8. The fraction of sp³-hybridized carbons (Fsp3) is 0.235. The van der Waals surface area contributed by atoms with Gasteiger partial charge in [-0.25, -0.2) is 0 Å². The molecular weight excluding hydrogens is 298 g/mol. The molecule has 1 amide bonds. The predicted octanol–water partition coefficient (Wildman–Crippen LogP) is 3.48. The lowest BCUT2D eigenvalue weighted by molar-refractivity contribution is -0.115. The Labute approximate surface area is 134 Å². The zero-order valence-corrected chi connectivity index (χ0v) is 13.3. The summed E-state index contributed by atoms with van der Waals surface area (Å²) in [5.74, 6) is 2.14. The van der Waals surface area contributed by atoms with Crippen LogP contribution in [0.4, 0.5) is 5.69 Å². The van der Waals surface area contributed by atoms with E-state index in [9.17, 15) is 4.79 Å². The lowest BCUT2D eigenvalue weighted by Gasteiger charge is -2.25. The van der Waals surface area contributed by atoms with Gasteiger partial charge in [0.25, 0.3) is 0 Å². The van der Waals surface area contributed by atoms with Crippen molar-refractivity contribution in [2.24, 2.45) is 0 Å². The van der Waals surface area contributed by atoms with Gasteiger partial charge in [-0.15, -0.1) is 11.8 Å². The number of nitrogens with zero attached hydrogens (tertiary/aromatic N) is 1. The first-order valence-corrected chi connectivity index (χ1v) is 8.00. The second-order valence-electron chi connectivity index (χ2n) is 4.87. The highest BCUT2D eigenvalue weighted by Crippen LogP contribution is 2.44. The Morgan fingerprint density at radius 2 is 1.77 bits per heavy atom. The van der Waals surface area contributed by atoms with E-state index < -0.39 is 0 Å². The largest absolute Gasteiger partial charge is 0.497 e. The molecule has 1 unspecified atom stereocenters. The monoisotopic (exact) mass is 315 g/mol. The molecule has 2 aromatic rings. The number of amides is 1. The van der Waals surface area contributed by atoms with Crippen molar-refractivity contribution >= 4 is 23.4 Å². The maximum Gasteiger partial charge on any atom is 0.238 e. The quantitative estimate of drug-likeness (QED) is 0.866. The average molecular weight is 315 g/mol. The van der Waals surface area contributed by atoms with Gasteiger partial charge in [0.2, 0.25) is 5.91 Å². The number of ether oxygens (including phenoxy) is 2. The van der Waals surface area contributed by atoms with Crippen LogP contribution in [0.3, 0.4) is 0 Å². The summed E-state index contributed by atoms with van der Waals surface area (Å²) in [7, 11) is 3.28. The van der Waals surface area contributed by atoms with Crippen molar-refractivity contribution in [2.75, 3.05) is 24.9 Å². The Balaban J connectivity index is 1.98. The normalized spacial score (nSPS) is 17.6. The molecule has 0 aliphatic carbocycles. The molecule has 0 N–H and O–H groups in total. The Morgan fingerprint density at radius 1 is 1.05 bits per heavy atom. The average Bonchev–Trinajstić information content (AvgIpc) is 2.96. The van der Waals surface area contributed by atoms with Crippen molar-refractivity contribution in [1.82, 2.24) is 0 Å². The van der Waals surface area contributed by atoms with Crippen molar-refractivity contribution in [3.8, 4) is 11.5 Å². The Bertz CT molecular complexity index is 672. The fourth-order valence-electron chi connectivity index (χ4n) is 2.55. The second kappa shape index (κ2) is 6.32. The van der Waals surface area contributed by atoms with Crippen LogP contribution in [0.1, 0.15) is 10.9 Å². The molecular formula is C17H17NO3S. The van der Waals surface area contributed by atoms with E-state index in [1.807, 2.05) is 53.4 Å². The summed E-state index contributed by atoms with van der Waals surface area (Å²) in [6.45, 7) is 0. The molecule has 114 valence electrons. The van der Waals surface area contributed by atoms with Crippen LogP contribution in [-0.4, -0.2) is 25.9 Å². The molecule has 0 saturated carbocycles. The molecule has 4 nitrogen and oxygen atoms in total. The number of para-hydroxylation sites is 1. The molecule has 1 heterocycles. The van der Waals surface area contributed by atoms with E-state index in [4.69, 9.17) is 9.47 Å². The van der Waals surface area contributed by atoms with Crippen LogP contribution in [0.15, 0.2) is 48.5 Å². The number of thioether (sulfide) groups is 1. The van der Waals surface area contributed by atoms with Crippen molar-refractivity contribution in [3.05, 3.63) is 54.1 Å². The van der Waals surface area contributed by atoms with Crippen molar-refractivity contribution in [1.29, 1.82) is 0 Å². The summed E-state index contributed by atoms with van der Waals surface area (Å²) in [6.07, 6.45) is 0. The summed E-state index contributed by atoms with van der Waals surface area (Å²) in [5, 5.41) is -0.0722. The molecule has 1 fully saturated rings. The number of benzene rings is 2. The Morgan fingerprint density at radius 3 is 2.45 bits per heavy atom. The maximum absolute atomic E-state index is 12.3. The molecule has 22 heavy (non-hydrogen) atoms. The molecule has 0 spiro atoms. The zero-order chi connectivity index (χ0) is 15.5. The van der Waals surface area contributed by atoms with Crippen LogP contribution in [0.2, 0.25) is 0 Å². The van der Waals surface area contributed by atoms with Gasteiger partial charge in [-0.3, -0.25) is 9.69 Å². The van der Waals surface area contributed by atoms with Crippen LogP contribution in [0.25, 0.3) is 0 Å². The third-order valence-corrected chi connectivity index (χ3v) is 4.82. The molecule has 0 aromatic heterocycles.